The van der Waals surface area contributed by atoms with Crippen molar-refractivity contribution >= 4 is 11.9 Å². The molecule has 2 nitrogen and oxygen atoms in total. The first kappa shape index (κ1) is 18.5. The third-order valence-corrected chi connectivity index (χ3v) is 3.92. The van der Waals surface area contributed by atoms with Gasteiger partial charge in [0.2, 0.25) is 0 Å². The van der Waals surface area contributed by atoms with E-state index in [0.29, 0.717) is 11.8 Å². The SMILES string of the molecule is CCCCOc1c(/C(C)=C/C=O)cc(C(C)C)cc1C(C)C. The Hall–Kier alpha value is -1.57. The fourth-order valence-electron chi connectivity index (χ4n) is 2.40. The van der Waals surface area contributed by atoms with Gasteiger partial charge in [-0.25, -0.2) is 0 Å². The van der Waals surface area contributed by atoms with Crippen molar-refractivity contribution in [1.82, 2.24) is 0 Å². The van der Waals surface area contributed by atoms with Gasteiger partial charge in [-0.2, -0.15) is 0 Å². The van der Waals surface area contributed by atoms with Gasteiger partial charge in [-0.15, -0.1) is 0 Å². The maximum Gasteiger partial charge on any atom is 0.143 e. The second-order valence-corrected chi connectivity index (χ2v) is 6.48. The van der Waals surface area contributed by atoms with Gasteiger partial charge in [0.1, 0.15) is 12.0 Å². The van der Waals surface area contributed by atoms with Gasteiger partial charge in [-0.3, -0.25) is 4.79 Å². The van der Waals surface area contributed by atoms with Crippen LogP contribution in [0.25, 0.3) is 5.57 Å². The number of carbonyl (C=O) groups is 1. The van der Waals surface area contributed by atoms with Crippen molar-refractivity contribution in [2.45, 2.75) is 66.2 Å². The molecule has 0 aliphatic rings. The van der Waals surface area contributed by atoms with Gasteiger partial charge in [-0.1, -0.05) is 47.1 Å². The number of ether oxygens (including phenoxy) is 1. The van der Waals surface area contributed by atoms with E-state index < -0.39 is 0 Å². The zero-order valence-electron chi connectivity index (χ0n) is 14.9. The Labute approximate surface area is 135 Å². The summed E-state index contributed by atoms with van der Waals surface area (Å²) >= 11 is 0. The van der Waals surface area contributed by atoms with Gasteiger partial charge >= 0.3 is 0 Å². The summed E-state index contributed by atoms with van der Waals surface area (Å²) in [5.41, 5.74) is 4.54. The molecule has 1 aromatic rings. The Morgan fingerprint density at radius 1 is 1.18 bits per heavy atom. The molecule has 0 unspecified atom stereocenters. The van der Waals surface area contributed by atoms with Crippen LogP contribution in [0.3, 0.4) is 0 Å². The molecule has 0 aromatic heterocycles. The summed E-state index contributed by atoms with van der Waals surface area (Å²) in [6.07, 6.45) is 4.62. The van der Waals surface area contributed by atoms with Crippen LogP contribution in [0.1, 0.15) is 82.9 Å². The van der Waals surface area contributed by atoms with Crippen molar-refractivity contribution < 1.29 is 9.53 Å². The van der Waals surface area contributed by atoms with Gasteiger partial charge in [0.25, 0.3) is 0 Å². The largest absolute Gasteiger partial charge is 0.493 e. The van der Waals surface area contributed by atoms with E-state index in [1.807, 2.05) is 6.92 Å². The zero-order valence-corrected chi connectivity index (χ0v) is 14.9. The minimum absolute atomic E-state index is 0.387. The third kappa shape index (κ3) is 4.72. The number of carbonyl (C=O) groups excluding carboxylic acids is 1. The molecule has 0 aliphatic carbocycles. The molecule has 0 amide bonds. The van der Waals surface area contributed by atoms with E-state index in [0.717, 1.165) is 42.6 Å². The Kier molecular flexibility index (Phi) is 7.37. The van der Waals surface area contributed by atoms with E-state index in [1.165, 1.54) is 11.1 Å². The minimum Gasteiger partial charge on any atom is -0.493 e. The van der Waals surface area contributed by atoms with Crippen LogP contribution in [0.2, 0.25) is 0 Å². The van der Waals surface area contributed by atoms with Crippen molar-refractivity contribution in [3.8, 4) is 5.75 Å². The summed E-state index contributed by atoms with van der Waals surface area (Å²) in [6.45, 7) is 13.6. The second-order valence-electron chi connectivity index (χ2n) is 6.48. The lowest BCUT2D eigenvalue weighted by Crippen LogP contribution is -2.06. The van der Waals surface area contributed by atoms with Crippen LogP contribution >= 0.6 is 0 Å². The van der Waals surface area contributed by atoms with Crippen LogP contribution in [-0.4, -0.2) is 12.9 Å². The first-order chi connectivity index (χ1) is 10.4. The van der Waals surface area contributed by atoms with Crippen molar-refractivity contribution in [2.24, 2.45) is 0 Å². The topological polar surface area (TPSA) is 26.3 Å². The minimum atomic E-state index is 0.387. The lowest BCUT2D eigenvalue weighted by Gasteiger charge is -2.21. The molecule has 0 atom stereocenters. The summed E-state index contributed by atoms with van der Waals surface area (Å²) in [4.78, 5) is 10.9. The van der Waals surface area contributed by atoms with E-state index in [-0.39, 0.29) is 0 Å². The lowest BCUT2D eigenvalue weighted by atomic mass is 9.89. The first-order valence-electron chi connectivity index (χ1n) is 8.35. The molecule has 0 fully saturated rings. The quantitative estimate of drug-likeness (QED) is 0.349. The highest BCUT2D eigenvalue weighted by molar-refractivity contribution is 5.83. The van der Waals surface area contributed by atoms with Crippen LogP contribution in [0.4, 0.5) is 0 Å². The number of unbranched alkanes of at least 4 members (excludes halogenated alkanes) is 1. The van der Waals surface area contributed by atoms with Crippen LogP contribution in [-0.2, 0) is 4.79 Å². The Morgan fingerprint density at radius 2 is 1.86 bits per heavy atom. The molecule has 1 rings (SSSR count). The van der Waals surface area contributed by atoms with Crippen LogP contribution < -0.4 is 4.74 Å². The molecule has 122 valence electrons. The number of rotatable bonds is 8. The second kappa shape index (κ2) is 8.77. The van der Waals surface area contributed by atoms with E-state index in [2.05, 4.69) is 46.8 Å². The summed E-state index contributed by atoms with van der Waals surface area (Å²) in [5, 5.41) is 0. The van der Waals surface area contributed by atoms with Crippen LogP contribution in [0.15, 0.2) is 18.2 Å². The van der Waals surface area contributed by atoms with Gasteiger partial charge < -0.3 is 4.74 Å². The summed E-state index contributed by atoms with van der Waals surface area (Å²) in [5.74, 6) is 1.78. The monoisotopic (exact) mass is 302 g/mol. The zero-order chi connectivity index (χ0) is 16.7. The molecule has 0 spiro atoms. The van der Waals surface area contributed by atoms with E-state index >= 15 is 0 Å². The van der Waals surface area contributed by atoms with Gasteiger partial charge in [0.05, 0.1) is 6.61 Å². The normalized spacial score (nSPS) is 12.1. The van der Waals surface area contributed by atoms with E-state index in [4.69, 9.17) is 4.74 Å². The van der Waals surface area contributed by atoms with E-state index in [1.54, 1.807) is 6.08 Å². The van der Waals surface area contributed by atoms with Crippen molar-refractivity contribution in [3.63, 3.8) is 0 Å². The summed E-state index contributed by atoms with van der Waals surface area (Å²) < 4.78 is 6.12. The maximum absolute atomic E-state index is 10.9. The Bertz CT molecular complexity index is 525. The highest BCUT2D eigenvalue weighted by atomic mass is 16.5. The number of allylic oxidation sites excluding steroid dienone is 2. The first-order valence-corrected chi connectivity index (χ1v) is 8.35. The predicted molar refractivity (Wildman–Crippen MR) is 94.7 cm³/mol. The third-order valence-electron chi connectivity index (χ3n) is 3.92. The molecule has 0 saturated carbocycles. The average Bonchev–Trinajstić information content (AvgIpc) is 2.47. The molecule has 0 saturated heterocycles. The highest BCUT2D eigenvalue weighted by Crippen LogP contribution is 2.37. The van der Waals surface area contributed by atoms with Gasteiger partial charge in [0, 0.05) is 5.56 Å². The average molecular weight is 302 g/mol. The fraction of sp³-hybridized carbons (Fsp3) is 0.550. The van der Waals surface area contributed by atoms with Crippen molar-refractivity contribution in [2.75, 3.05) is 6.61 Å². The molecule has 2 heteroatoms. The predicted octanol–water partition coefficient (Wildman–Crippen LogP) is 5.71. The number of benzene rings is 1. The van der Waals surface area contributed by atoms with Crippen LogP contribution in [0, 0.1) is 0 Å². The molecular formula is C20H30O2. The van der Waals surface area contributed by atoms with Crippen molar-refractivity contribution in [1.29, 1.82) is 0 Å². The molecule has 22 heavy (non-hydrogen) atoms. The number of hydrogen-bond acceptors (Lipinski definition) is 2. The summed E-state index contributed by atoms with van der Waals surface area (Å²) in [7, 11) is 0. The van der Waals surface area contributed by atoms with Crippen LogP contribution in [0.5, 0.6) is 5.75 Å². The van der Waals surface area contributed by atoms with Gasteiger partial charge in [-0.05, 0) is 54.0 Å². The smallest absolute Gasteiger partial charge is 0.143 e. The standard InChI is InChI=1S/C20H30O2/c1-7-8-11-22-20-18(15(4)5)12-17(14(2)3)13-19(20)16(6)9-10-21/h9-10,12-15H,7-8,11H2,1-6H3/b16-9+. The molecule has 1 aromatic carbocycles. The number of aldehydes is 1. The molecule has 0 heterocycles. The highest BCUT2D eigenvalue weighted by Gasteiger charge is 2.17. The molecule has 0 radical (unpaired) electrons. The summed E-state index contributed by atoms with van der Waals surface area (Å²) in [6, 6.07) is 4.43. The van der Waals surface area contributed by atoms with Crippen molar-refractivity contribution in [3.05, 3.63) is 34.9 Å². The molecule has 0 N–H and O–H groups in total. The molecule has 0 aliphatic heterocycles. The fourth-order valence-corrected chi connectivity index (χ4v) is 2.40. The number of hydrogen-bond donors (Lipinski definition) is 0. The van der Waals surface area contributed by atoms with E-state index in [9.17, 15) is 4.79 Å². The molecular weight excluding hydrogens is 272 g/mol. The van der Waals surface area contributed by atoms with Gasteiger partial charge in [0.15, 0.2) is 0 Å². The Morgan fingerprint density at radius 3 is 2.36 bits per heavy atom. The Balaban J connectivity index is 3.45. The maximum atomic E-state index is 10.9. The lowest BCUT2D eigenvalue weighted by molar-refractivity contribution is -0.104. The molecule has 0 bridgehead atoms.